The van der Waals surface area contributed by atoms with Crippen molar-refractivity contribution in [3.8, 4) is 0 Å². The predicted molar refractivity (Wildman–Crippen MR) is 71.1 cm³/mol. The topological polar surface area (TPSA) is 21.3 Å². The first-order valence-electron chi connectivity index (χ1n) is 6.90. The van der Waals surface area contributed by atoms with Gasteiger partial charge in [0, 0.05) is 30.2 Å². The largest absolute Gasteiger partial charge is 0.381 e. The van der Waals surface area contributed by atoms with E-state index in [2.05, 4.69) is 12.2 Å². The number of hydrogen-bond donors (Lipinski definition) is 1. The molecular weight excluding hydrogens is 248 g/mol. The van der Waals surface area contributed by atoms with Gasteiger partial charge in [0.05, 0.1) is 6.61 Å². The quantitative estimate of drug-likeness (QED) is 0.885. The zero-order chi connectivity index (χ0) is 13.8. The van der Waals surface area contributed by atoms with Gasteiger partial charge in [-0.1, -0.05) is 6.92 Å². The van der Waals surface area contributed by atoms with Gasteiger partial charge < -0.3 is 10.1 Å². The average molecular weight is 269 g/mol. The van der Waals surface area contributed by atoms with Crippen molar-refractivity contribution in [2.75, 3.05) is 19.8 Å². The van der Waals surface area contributed by atoms with E-state index < -0.39 is 11.6 Å². The SMILES string of the molecule is CCCNC(c1cc(C)c(F)cc1F)C1CCOC1. The Labute approximate surface area is 113 Å². The maximum absolute atomic E-state index is 14.0. The summed E-state index contributed by atoms with van der Waals surface area (Å²) in [5.41, 5.74) is 1.04. The molecule has 1 aliphatic heterocycles. The van der Waals surface area contributed by atoms with Crippen molar-refractivity contribution in [2.24, 2.45) is 5.92 Å². The second-order valence-corrected chi connectivity index (χ2v) is 5.18. The molecule has 0 radical (unpaired) electrons. The molecule has 1 fully saturated rings. The van der Waals surface area contributed by atoms with Crippen molar-refractivity contribution < 1.29 is 13.5 Å². The molecule has 0 bridgehead atoms. The van der Waals surface area contributed by atoms with E-state index in [0.29, 0.717) is 17.7 Å². The van der Waals surface area contributed by atoms with Crippen LogP contribution < -0.4 is 5.32 Å². The van der Waals surface area contributed by atoms with E-state index in [1.54, 1.807) is 13.0 Å². The summed E-state index contributed by atoms with van der Waals surface area (Å²) in [5, 5.41) is 3.37. The maximum atomic E-state index is 14.0. The van der Waals surface area contributed by atoms with Crippen LogP contribution in [0.5, 0.6) is 0 Å². The second-order valence-electron chi connectivity index (χ2n) is 5.18. The van der Waals surface area contributed by atoms with E-state index in [1.807, 2.05) is 0 Å². The van der Waals surface area contributed by atoms with Gasteiger partial charge in [0.25, 0.3) is 0 Å². The van der Waals surface area contributed by atoms with Crippen molar-refractivity contribution in [3.05, 3.63) is 34.9 Å². The minimum atomic E-state index is -0.488. The Hall–Kier alpha value is -1.00. The molecule has 1 aromatic rings. The molecule has 0 amide bonds. The van der Waals surface area contributed by atoms with Gasteiger partial charge in [0.2, 0.25) is 0 Å². The van der Waals surface area contributed by atoms with E-state index in [0.717, 1.165) is 32.1 Å². The van der Waals surface area contributed by atoms with Gasteiger partial charge in [-0.2, -0.15) is 0 Å². The van der Waals surface area contributed by atoms with E-state index in [9.17, 15) is 8.78 Å². The van der Waals surface area contributed by atoms with Crippen LogP contribution >= 0.6 is 0 Å². The highest BCUT2D eigenvalue weighted by molar-refractivity contribution is 5.29. The van der Waals surface area contributed by atoms with Crippen LogP contribution in [0.15, 0.2) is 12.1 Å². The van der Waals surface area contributed by atoms with E-state index in [-0.39, 0.29) is 12.0 Å². The Morgan fingerprint density at radius 3 is 2.79 bits per heavy atom. The molecule has 4 heteroatoms. The number of rotatable bonds is 5. The van der Waals surface area contributed by atoms with Crippen molar-refractivity contribution >= 4 is 0 Å². The fourth-order valence-electron chi connectivity index (χ4n) is 2.56. The van der Waals surface area contributed by atoms with Gasteiger partial charge in [0.1, 0.15) is 11.6 Å². The van der Waals surface area contributed by atoms with Crippen LogP contribution in [-0.4, -0.2) is 19.8 Å². The lowest BCUT2D eigenvalue weighted by atomic mass is 9.91. The van der Waals surface area contributed by atoms with E-state index >= 15 is 0 Å². The lowest BCUT2D eigenvalue weighted by molar-refractivity contribution is 0.176. The third kappa shape index (κ3) is 3.31. The van der Waals surface area contributed by atoms with Crippen LogP contribution in [-0.2, 0) is 4.74 Å². The number of nitrogens with one attached hydrogen (secondary N) is 1. The monoisotopic (exact) mass is 269 g/mol. The summed E-state index contributed by atoms with van der Waals surface area (Å²) in [6.07, 6.45) is 1.89. The molecule has 0 aliphatic carbocycles. The number of aryl methyl sites for hydroxylation is 1. The molecule has 0 saturated carbocycles. The fourth-order valence-corrected chi connectivity index (χ4v) is 2.56. The molecule has 2 unspecified atom stereocenters. The third-order valence-electron chi connectivity index (χ3n) is 3.66. The van der Waals surface area contributed by atoms with E-state index in [1.165, 1.54) is 0 Å². The standard InChI is InChI=1S/C15H21F2NO/c1-3-5-18-15(11-4-6-19-9-11)12-7-10(2)13(16)8-14(12)17/h7-8,11,15,18H,3-6,9H2,1-2H3. The van der Waals surface area contributed by atoms with Gasteiger partial charge in [-0.3, -0.25) is 0 Å². The lowest BCUT2D eigenvalue weighted by Crippen LogP contribution is -2.30. The summed E-state index contributed by atoms with van der Waals surface area (Å²) in [6.45, 7) is 5.91. The highest BCUT2D eigenvalue weighted by Gasteiger charge is 2.29. The number of benzene rings is 1. The van der Waals surface area contributed by atoms with Crippen LogP contribution in [0.3, 0.4) is 0 Å². The Balaban J connectivity index is 2.28. The minimum absolute atomic E-state index is 0.0956. The summed E-state index contributed by atoms with van der Waals surface area (Å²) >= 11 is 0. The molecule has 106 valence electrons. The molecule has 2 atom stereocenters. The minimum Gasteiger partial charge on any atom is -0.381 e. The van der Waals surface area contributed by atoms with Crippen molar-refractivity contribution in [3.63, 3.8) is 0 Å². The normalized spacial score (nSPS) is 20.7. The van der Waals surface area contributed by atoms with E-state index in [4.69, 9.17) is 4.74 Å². The van der Waals surface area contributed by atoms with Gasteiger partial charge in [-0.05, 0) is 37.9 Å². The lowest BCUT2D eigenvalue weighted by Gasteiger charge is -2.25. The van der Waals surface area contributed by atoms with Crippen molar-refractivity contribution in [1.82, 2.24) is 5.32 Å². The fraction of sp³-hybridized carbons (Fsp3) is 0.600. The van der Waals surface area contributed by atoms with Crippen LogP contribution in [0.25, 0.3) is 0 Å². The first-order chi connectivity index (χ1) is 9.13. The maximum Gasteiger partial charge on any atom is 0.130 e. The molecule has 2 nitrogen and oxygen atoms in total. The molecule has 0 spiro atoms. The number of hydrogen-bond acceptors (Lipinski definition) is 2. The predicted octanol–water partition coefficient (Wildman–Crippen LogP) is 3.35. The van der Waals surface area contributed by atoms with Crippen LogP contribution in [0.1, 0.15) is 36.9 Å². The van der Waals surface area contributed by atoms with Gasteiger partial charge in [0.15, 0.2) is 0 Å². The number of ether oxygens (including phenoxy) is 1. The molecule has 2 rings (SSSR count). The van der Waals surface area contributed by atoms with Crippen LogP contribution in [0, 0.1) is 24.5 Å². The first-order valence-corrected chi connectivity index (χ1v) is 6.90. The van der Waals surface area contributed by atoms with Crippen molar-refractivity contribution in [1.29, 1.82) is 0 Å². The molecular formula is C15H21F2NO. The summed E-state index contributed by atoms with van der Waals surface area (Å²) in [6, 6.07) is 2.51. The smallest absolute Gasteiger partial charge is 0.130 e. The van der Waals surface area contributed by atoms with Gasteiger partial charge in [-0.25, -0.2) is 8.78 Å². The number of halogens is 2. The molecule has 1 heterocycles. The van der Waals surface area contributed by atoms with Gasteiger partial charge >= 0.3 is 0 Å². The molecule has 19 heavy (non-hydrogen) atoms. The summed E-state index contributed by atoms with van der Waals surface area (Å²) in [5.74, 6) is -0.701. The molecule has 1 saturated heterocycles. The zero-order valence-corrected chi connectivity index (χ0v) is 11.5. The molecule has 0 aromatic heterocycles. The zero-order valence-electron chi connectivity index (χ0n) is 11.5. The Bertz CT molecular complexity index is 430. The first kappa shape index (κ1) is 14.4. The summed E-state index contributed by atoms with van der Waals surface area (Å²) < 4.78 is 32.8. The summed E-state index contributed by atoms with van der Waals surface area (Å²) in [4.78, 5) is 0. The second kappa shape index (κ2) is 6.44. The van der Waals surface area contributed by atoms with Crippen LogP contribution in [0.4, 0.5) is 8.78 Å². The highest BCUT2D eigenvalue weighted by atomic mass is 19.1. The Morgan fingerprint density at radius 2 is 2.16 bits per heavy atom. The van der Waals surface area contributed by atoms with Crippen LogP contribution in [0.2, 0.25) is 0 Å². The van der Waals surface area contributed by atoms with Gasteiger partial charge in [-0.15, -0.1) is 0 Å². The molecule has 1 aromatic carbocycles. The summed E-state index contributed by atoms with van der Waals surface area (Å²) in [7, 11) is 0. The highest BCUT2D eigenvalue weighted by Crippen LogP contribution is 2.31. The Kier molecular flexibility index (Phi) is 4.88. The third-order valence-corrected chi connectivity index (χ3v) is 3.66. The molecule has 1 aliphatic rings. The molecule has 1 N–H and O–H groups in total. The Morgan fingerprint density at radius 1 is 1.37 bits per heavy atom. The average Bonchev–Trinajstić information content (AvgIpc) is 2.89. The van der Waals surface area contributed by atoms with Crippen molar-refractivity contribution in [2.45, 2.75) is 32.7 Å².